The molecule has 0 atom stereocenters. The summed E-state index contributed by atoms with van der Waals surface area (Å²) in [6.07, 6.45) is 3.45. The first-order valence-electron chi connectivity index (χ1n) is 9.71. The molecule has 7 heteroatoms. The third kappa shape index (κ3) is 3.14. The van der Waals surface area contributed by atoms with Gasteiger partial charge in [-0.15, -0.1) is 0 Å². The highest BCUT2D eigenvalue weighted by Gasteiger charge is 2.23. The Bertz CT molecular complexity index is 1120. The Morgan fingerprint density at radius 1 is 0.793 bits per heavy atom. The Hall–Kier alpha value is -3.61. The predicted molar refractivity (Wildman–Crippen MR) is 114 cm³/mol. The Morgan fingerprint density at radius 3 is 2.31 bits per heavy atom. The molecule has 0 saturated carbocycles. The van der Waals surface area contributed by atoms with E-state index in [1.807, 2.05) is 41.2 Å². The molecule has 0 spiro atoms. The number of piperazine rings is 1. The van der Waals surface area contributed by atoms with Crippen LogP contribution in [-0.2, 0) is 0 Å². The van der Waals surface area contributed by atoms with Crippen molar-refractivity contribution in [1.29, 1.82) is 0 Å². The van der Waals surface area contributed by atoms with Crippen molar-refractivity contribution in [3.63, 3.8) is 0 Å². The van der Waals surface area contributed by atoms with Crippen LogP contribution in [-0.4, -0.2) is 52.8 Å². The van der Waals surface area contributed by atoms with Gasteiger partial charge in [-0.1, -0.05) is 30.3 Å². The number of anilines is 2. The van der Waals surface area contributed by atoms with E-state index in [1.165, 1.54) is 0 Å². The van der Waals surface area contributed by atoms with Crippen LogP contribution in [0.25, 0.3) is 16.9 Å². The molecule has 29 heavy (non-hydrogen) atoms. The Balaban J connectivity index is 1.41. The average Bonchev–Trinajstić information content (AvgIpc) is 3.24. The van der Waals surface area contributed by atoms with Gasteiger partial charge in [0.25, 0.3) is 0 Å². The zero-order valence-corrected chi connectivity index (χ0v) is 16.3. The molecule has 7 nitrogen and oxygen atoms in total. The fourth-order valence-corrected chi connectivity index (χ4v) is 3.88. The maximum absolute atomic E-state index is 5.52. The van der Waals surface area contributed by atoms with E-state index in [0.29, 0.717) is 0 Å². The molecule has 146 valence electrons. The monoisotopic (exact) mass is 386 g/mol. The van der Waals surface area contributed by atoms with Crippen molar-refractivity contribution in [2.45, 2.75) is 0 Å². The summed E-state index contributed by atoms with van der Waals surface area (Å²) < 4.78 is 7.53. The lowest BCUT2D eigenvalue weighted by Gasteiger charge is -2.37. The van der Waals surface area contributed by atoms with Crippen molar-refractivity contribution in [2.75, 3.05) is 43.1 Å². The lowest BCUT2D eigenvalue weighted by molar-refractivity contribution is 0.413. The summed E-state index contributed by atoms with van der Waals surface area (Å²) in [6, 6.07) is 18.3. The molecular weight excluding hydrogens is 364 g/mol. The molecule has 0 N–H and O–H groups in total. The van der Waals surface area contributed by atoms with Gasteiger partial charge in [-0.05, 0) is 24.3 Å². The number of nitrogens with zero attached hydrogens (tertiary/aromatic N) is 6. The largest absolute Gasteiger partial charge is 0.495 e. The van der Waals surface area contributed by atoms with Crippen molar-refractivity contribution < 1.29 is 4.74 Å². The number of rotatable bonds is 4. The van der Waals surface area contributed by atoms with Gasteiger partial charge in [-0.2, -0.15) is 0 Å². The van der Waals surface area contributed by atoms with Crippen LogP contribution in [0.4, 0.5) is 11.5 Å². The smallest absolute Gasteiger partial charge is 0.170 e. The van der Waals surface area contributed by atoms with Gasteiger partial charge in [0.05, 0.1) is 12.8 Å². The maximum atomic E-state index is 5.52. The molecule has 4 aromatic rings. The summed E-state index contributed by atoms with van der Waals surface area (Å²) in [6.45, 7) is 3.52. The fourth-order valence-electron chi connectivity index (χ4n) is 3.88. The molecule has 1 saturated heterocycles. The molecule has 0 amide bonds. The van der Waals surface area contributed by atoms with Gasteiger partial charge in [0.15, 0.2) is 17.0 Å². The molecule has 0 unspecified atom stereocenters. The molecule has 3 heterocycles. The predicted octanol–water partition coefficient (Wildman–Crippen LogP) is 3.15. The molecule has 2 aromatic carbocycles. The van der Waals surface area contributed by atoms with Crippen molar-refractivity contribution in [3.05, 3.63) is 67.3 Å². The van der Waals surface area contributed by atoms with E-state index < -0.39 is 0 Å². The summed E-state index contributed by atoms with van der Waals surface area (Å²) >= 11 is 0. The highest BCUT2D eigenvalue weighted by Crippen LogP contribution is 2.30. The number of hydrogen-bond donors (Lipinski definition) is 0. The number of hydrogen-bond acceptors (Lipinski definition) is 6. The molecule has 1 fully saturated rings. The normalized spacial score (nSPS) is 14.4. The van der Waals surface area contributed by atoms with Crippen molar-refractivity contribution in [2.24, 2.45) is 0 Å². The average molecular weight is 386 g/mol. The lowest BCUT2D eigenvalue weighted by Crippen LogP contribution is -2.47. The number of benzene rings is 2. The molecule has 0 radical (unpaired) electrons. The van der Waals surface area contributed by atoms with E-state index in [2.05, 4.69) is 49.0 Å². The molecule has 0 bridgehead atoms. The topological polar surface area (TPSA) is 59.3 Å². The van der Waals surface area contributed by atoms with E-state index in [-0.39, 0.29) is 0 Å². The van der Waals surface area contributed by atoms with Gasteiger partial charge < -0.3 is 14.5 Å². The van der Waals surface area contributed by atoms with Crippen LogP contribution in [0.1, 0.15) is 0 Å². The first kappa shape index (κ1) is 17.5. The highest BCUT2D eigenvalue weighted by molar-refractivity contribution is 5.84. The molecule has 5 rings (SSSR count). The third-order valence-corrected chi connectivity index (χ3v) is 5.35. The molecule has 1 aliphatic heterocycles. The second-order valence-corrected chi connectivity index (χ2v) is 6.97. The highest BCUT2D eigenvalue weighted by atomic mass is 16.5. The standard InChI is InChI=1S/C22H22N6O/c1-29-19-10-6-5-9-18(19)26-11-13-27(14-12-26)21-20-22(24-15-23-21)28(16-25-20)17-7-3-2-4-8-17/h2-10,15-16H,11-14H2,1H3. The quantitative estimate of drug-likeness (QED) is 0.537. The van der Waals surface area contributed by atoms with Gasteiger partial charge >= 0.3 is 0 Å². The van der Waals surface area contributed by atoms with Crippen molar-refractivity contribution in [1.82, 2.24) is 19.5 Å². The minimum atomic E-state index is 0.827. The SMILES string of the molecule is COc1ccccc1N1CCN(c2ncnc3c2ncn3-c2ccccc2)CC1. The molecular formula is C22H22N6O. The van der Waals surface area contributed by atoms with Gasteiger partial charge in [0, 0.05) is 31.9 Å². The summed E-state index contributed by atoms with van der Waals surface area (Å²) in [5, 5.41) is 0. The number of methoxy groups -OCH3 is 1. The number of ether oxygens (including phenoxy) is 1. The van der Waals surface area contributed by atoms with Crippen LogP contribution < -0.4 is 14.5 Å². The van der Waals surface area contributed by atoms with Crippen LogP contribution in [0.5, 0.6) is 5.75 Å². The van der Waals surface area contributed by atoms with E-state index in [1.54, 1.807) is 13.4 Å². The summed E-state index contributed by atoms with van der Waals surface area (Å²) in [5.41, 5.74) is 3.84. The Morgan fingerprint density at radius 2 is 1.52 bits per heavy atom. The minimum Gasteiger partial charge on any atom is -0.495 e. The first-order chi connectivity index (χ1) is 14.3. The van der Waals surface area contributed by atoms with E-state index in [0.717, 1.165) is 60.3 Å². The Kier molecular flexibility index (Phi) is 4.48. The van der Waals surface area contributed by atoms with E-state index in [9.17, 15) is 0 Å². The van der Waals surface area contributed by atoms with Crippen LogP contribution in [0.2, 0.25) is 0 Å². The summed E-state index contributed by atoms with van der Waals surface area (Å²) in [4.78, 5) is 18.3. The zero-order chi connectivity index (χ0) is 19.6. The number of fused-ring (bicyclic) bond motifs is 1. The van der Waals surface area contributed by atoms with Crippen LogP contribution in [0, 0.1) is 0 Å². The van der Waals surface area contributed by atoms with Crippen LogP contribution in [0.3, 0.4) is 0 Å². The second-order valence-electron chi connectivity index (χ2n) is 6.97. The summed E-state index contributed by atoms with van der Waals surface area (Å²) in [7, 11) is 1.72. The Labute approximate surface area is 169 Å². The third-order valence-electron chi connectivity index (χ3n) is 5.35. The van der Waals surface area contributed by atoms with Gasteiger partial charge in [-0.25, -0.2) is 15.0 Å². The van der Waals surface area contributed by atoms with Crippen molar-refractivity contribution in [3.8, 4) is 11.4 Å². The molecule has 1 aliphatic rings. The lowest BCUT2D eigenvalue weighted by atomic mass is 10.2. The zero-order valence-electron chi connectivity index (χ0n) is 16.3. The van der Waals surface area contributed by atoms with Gasteiger partial charge in [0.2, 0.25) is 0 Å². The van der Waals surface area contributed by atoms with E-state index >= 15 is 0 Å². The van der Waals surface area contributed by atoms with Crippen LogP contribution >= 0.6 is 0 Å². The van der Waals surface area contributed by atoms with Crippen molar-refractivity contribution >= 4 is 22.7 Å². The minimum absolute atomic E-state index is 0.827. The van der Waals surface area contributed by atoms with Crippen LogP contribution in [0.15, 0.2) is 67.3 Å². The second kappa shape index (κ2) is 7.43. The maximum Gasteiger partial charge on any atom is 0.170 e. The summed E-state index contributed by atoms with van der Waals surface area (Å²) in [5.74, 6) is 1.80. The fraction of sp³-hybridized carbons (Fsp3) is 0.227. The first-order valence-corrected chi connectivity index (χ1v) is 9.71. The molecule has 2 aromatic heterocycles. The van der Waals surface area contributed by atoms with E-state index in [4.69, 9.17) is 4.74 Å². The number of para-hydroxylation sites is 3. The number of imidazole rings is 1. The molecule has 0 aliphatic carbocycles. The van der Waals surface area contributed by atoms with Gasteiger partial charge in [-0.3, -0.25) is 4.57 Å². The number of aromatic nitrogens is 4. The van der Waals surface area contributed by atoms with Gasteiger partial charge in [0.1, 0.15) is 18.4 Å².